The first-order valence-electron chi connectivity index (χ1n) is 9.54. The first-order chi connectivity index (χ1) is 16.6. The zero-order chi connectivity index (χ0) is 23.7. The summed E-state index contributed by atoms with van der Waals surface area (Å²) in [6.07, 6.45) is 6.17. The lowest BCUT2D eigenvalue weighted by atomic mass is 10.1. The van der Waals surface area contributed by atoms with E-state index in [-0.39, 0.29) is 17.3 Å². The van der Waals surface area contributed by atoms with Crippen molar-refractivity contribution in [3.63, 3.8) is 0 Å². The second kappa shape index (κ2) is 9.35. The molecule has 1 amide bonds. The molecule has 0 bridgehead atoms. The van der Waals surface area contributed by atoms with Gasteiger partial charge in [0, 0.05) is 17.8 Å². The number of pyridine rings is 1. The van der Waals surface area contributed by atoms with Crippen molar-refractivity contribution in [3.8, 4) is 11.3 Å². The van der Waals surface area contributed by atoms with Gasteiger partial charge in [0.1, 0.15) is 41.2 Å². The molecule has 0 aliphatic heterocycles. The summed E-state index contributed by atoms with van der Waals surface area (Å²) in [4.78, 5) is 29.5. The number of rotatable bonds is 6. The summed E-state index contributed by atoms with van der Waals surface area (Å²) in [5.41, 5.74) is 1.31. The second-order valence-electron chi connectivity index (χ2n) is 6.73. The quantitative estimate of drug-likeness (QED) is 0.210. The van der Waals surface area contributed by atoms with Gasteiger partial charge in [0.25, 0.3) is 5.91 Å². The van der Waals surface area contributed by atoms with Gasteiger partial charge in [-0.3, -0.25) is 9.13 Å². The number of nitrogens with zero attached hydrogens (tertiary/aromatic N) is 6. The number of nitrogens with one attached hydrogen (secondary N) is 2. The van der Waals surface area contributed by atoms with E-state index in [0.29, 0.717) is 28.8 Å². The van der Waals surface area contributed by atoms with Crippen LogP contribution in [0.1, 0.15) is 10.6 Å². The number of fused-ring (bicyclic) bond motifs is 1. The number of carbonyl (C=O) groups excluding carboxylic acids is 1. The van der Waals surface area contributed by atoms with Crippen LogP contribution in [0, 0.1) is 11.6 Å². The molecular formula is C20H12F2IN8O2P. The Kier molecular flexibility index (Phi) is 6.11. The Morgan fingerprint density at radius 3 is 2.76 bits per heavy atom. The summed E-state index contributed by atoms with van der Waals surface area (Å²) < 4.78 is 36.5. The van der Waals surface area contributed by atoms with Crippen LogP contribution in [0.25, 0.3) is 22.4 Å². The summed E-state index contributed by atoms with van der Waals surface area (Å²) >= 11 is 2.21. The fourth-order valence-electron chi connectivity index (χ4n) is 3.19. The highest BCUT2D eigenvalue weighted by atomic mass is 127. The van der Waals surface area contributed by atoms with E-state index in [4.69, 9.17) is 4.52 Å². The van der Waals surface area contributed by atoms with Gasteiger partial charge < -0.3 is 15.2 Å². The summed E-state index contributed by atoms with van der Waals surface area (Å²) in [6, 6.07) is 6.82. The predicted octanol–water partition coefficient (Wildman–Crippen LogP) is 4.94. The van der Waals surface area contributed by atoms with E-state index in [1.54, 1.807) is 18.5 Å². The van der Waals surface area contributed by atoms with E-state index >= 15 is 4.39 Å². The first kappa shape index (κ1) is 22.2. The zero-order valence-electron chi connectivity index (χ0n) is 16.8. The molecule has 4 heterocycles. The Bertz CT molecular complexity index is 1510. The smallest absolute Gasteiger partial charge is 0.294 e. The van der Waals surface area contributed by atoms with Crippen molar-refractivity contribution in [2.24, 2.45) is 0 Å². The van der Waals surface area contributed by atoms with Crippen LogP contribution in [0.3, 0.4) is 0 Å². The van der Waals surface area contributed by atoms with Gasteiger partial charge in [0.05, 0.1) is 18.3 Å². The van der Waals surface area contributed by atoms with Gasteiger partial charge in [0.2, 0.25) is 5.76 Å². The summed E-state index contributed by atoms with van der Waals surface area (Å²) in [6.45, 7) is 0. The minimum atomic E-state index is -1.02. The van der Waals surface area contributed by atoms with Crippen molar-refractivity contribution in [2.45, 2.75) is 0 Å². The molecule has 0 aliphatic carbocycles. The Labute approximate surface area is 204 Å². The maximum Gasteiger partial charge on any atom is 0.294 e. The van der Waals surface area contributed by atoms with E-state index in [2.05, 4.69) is 57.8 Å². The standard InChI is InChI=1S/C20H12F2IN8O2P/c21-11-3-4-12(29-20(32)13-5-7-28-33-13)14(22)16(11)30-18-10(2-1-6-24-18)15-17-19(26-8-25-15)31(34-23)9-27-17/h1-9,34H,(H,24,30)(H,29,32). The normalized spacial score (nSPS) is 11.4. The Morgan fingerprint density at radius 2 is 1.97 bits per heavy atom. The maximum absolute atomic E-state index is 15.2. The molecule has 0 fully saturated rings. The van der Waals surface area contributed by atoms with E-state index in [1.807, 2.05) is 4.34 Å². The molecule has 1 aromatic carbocycles. The van der Waals surface area contributed by atoms with Gasteiger partial charge >= 0.3 is 0 Å². The van der Waals surface area contributed by atoms with Crippen LogP contribution < -0.4 is 10.6 Å². The topological polar surface area (TPSA) is 124 Å². The van der Waals surface area contributed by atoms with Crippen molar-refractivity contribution in [1.29, 1.82) is 0 Å². The monoisotopic (exact) mass is 592 g/mol. The van der Waals surface area contributed by atoms with Crippen LogP contribution in [-0.2, 0) is 0 Å². The van der Waals surface area contributed by atoms with E-state index in [1.165, 1.54) is 24.8 Å². The number of benzene rings is 1. The molecule has 2 N–H and O–H groups in total. The number of carbonyl (C=O) groups is 1. The summed E-state index contributed by atoms with van der Waals surface area (Å²) in [5, 5.41) is 8.47. The number of hydrogen-bond donors (Lipinski definition) is 2. The first-order valence-corrected chi connectivity index (χ1v) is 13.6. The molecule has 4 aromatic heterocycles. The van der Waals surface area contributed by atoms with Crippen molar-refractivity contribution in [2.75, 3.05) is 10.6 Å². The fourth-order valence-corrected chi connectivity index (χ4v) is 4.59. The second-order valence-corrected chi connectivity index (χ2v) is 8.83. The molecule has 14 heteroatoms. The Balaban J connectivity index is 1.53. The molecule has 0 aliphatic rings. The minimum Gasteiger partial charge on any atom is -0.351 e. The van der Waals surface area contributed by atoms with Crippen LogP contribution in [0.5, 0.6) is 0 Å². The summed E-state index contributed by atoms with van der Waals surface area (Å²) in [5.74, 6) is -2.61. The third kappa shape index (κ3) is 4.07. The lowest BCUT2D eigenvalue weighted by Gasteiger charge is -2.14. The minimum absolute atomic E-state index is 0.121. The lowest BCUT2D eigenvalue weighted by Crippen LogP contribution is -2.13. The van der Waals surface area contributed by atoms with Crippen molar-refractivity contribution in [3.05, 3.63) is 72.8 Å². The molecule has 5 rings (SSSR count). The number of anilines is 3. The molecule has 1 unspecified atom stereocenters. The Hall–Kier alpha value is -3.58. The van der Waals surface area contributed by atoms with Crippen molar-refractivity contribution in [1.82, 2.24) is 29.4 Å². The van der Waals surface area contributed by atoms with Crippen LogP contribution in [0.4, 0.5) is 26.0 Å². The van der Waals surface area contributed by atoms with Gasteiger partial charge in [-0.1, -0.05) is 5.16 Å². The van der Waals surface area contributed by atoms with Gasteiger partial charge in [-0.2, -0.15) is 0 Å². The van der Waals surface area contributed by atoms with Crippen LogP contribution in [0.15, 0.2) is 59.9 Å². The molecule has 0 saturated carbocycles. The molecule has 0 spiro atoms. The zero-order valence-corrected chi connectivity index (χ0v) is 20.0. The number of imidazole rings is 1. The van der Waals surface area contributed by atoms with Crippen LogP contribution in [-0.4, -0.2) is 35.3 Å². The molecule has 0 saturated heterocycles. The van der Waals surface area contributed by atoms with Crippen LogP contribution >= 0.6 is 28.4 Å². The predicted molar refractivity (Wildman–Crippen MR) is 130 cm³/mol. The van der Waals surface area contributed by atoms with Crippen molar-refractivity contribution < 1.29 is 18.1 Å². The van der Waals surface area contributed by atoms with Gasteiger partial charge in [-0.15, -0.1) is 0 Å². The third-order valence-corrected chi connectivity index (χ3v) is 6.80. The van der Waals surface area contributed by atoms with E-state index in [9.17, 15) is 9.18 Å². The van der Waals surface area contributed by atoms with E-state index < -0.39 is 23.2 Å². The maximum atomic E-state index is 15.2. The largest absolute Gasteiger partial charge is 0.351 e. The molecule has 1 atom stereocenters. The molecular weight excluding hydrogens is 580 g/mol. The highest BCUT2D eigenvalue weighted by Gasteiger charge is 2.21. The number of hydrogen-bond acceptors (Lipinski definition) is 8. The molecule has 5 aromatic rings. The van der Waals surface area contributed by atoms with Crippen molar-refractivity contribution >= 4 is 62.7 Å². The number of amides is 1. The average Bonchev–Trinajstić information content (AvgIpc) is 3.54. The average molecular weight is 592 g/mol. The SMILES string of the molecule is O=C(Nc1ccc(F)c(Nc2ncccc2-c2ncnc3c2ncn3PI)c1F)c1ccno1. The van der Waals surface area contributed by atoms with E-state index in [0.717, 1.165) is 12.1 Å². The lowest BCUT2D eigenvalue weighted by molar-refractivity contribution is 0.0987. The molecule has 0 radical (unpaired) electrons. The summed E-state index contributed by atoms with van der Waals surface area (Å²) in [7, 11) is 0. The number of halogens is 3. The highest BCUT2D eigenvalue weighted by molar-refractivity contribution is 14.2. The van der Waals surface area contributed by atoms with Gasteiger partial charge in [-0.25, -0.2) is 28.7 Å². The fraction of sp³-hybridized carbons (Fsp3) is 0. The molecule has 170 valence electrons. The number of aromatic nitrogens is 6. The molecule has 10 nitrogen and oxygen atoms in total. The Morgan fingerprint density at radius 1 is 1.09 bits per heavy atom. The third-order valence-electron chi connectivity index (χ3n) is 4.73. The van der Waals surface area contributed by atoms with Gasteiger partial charge in [0.15, 0.2) is 11.5 Å². The highest BCUT2D eigenvalue weighted by Crippen LogP contribution is 2.35. The van der Waals surface area contributed by atoms with Crippen LogP contribution in [0.2, 0.25) is 0 Å². The molecule has 34 heavy (non-hydrogen) atoms. The van der Waals surface area contributed by atoms with Gasteiger partial charge in [-0.05, 0) is 46.3 Å².